The summed E-state index contributed by atoms with van der Waals surface area (Å²) in [5.41, 5.74) is 0.465. The van der Waals surface area contributed by atoms with E-state index in [-0.39, 0.29) is 19.6 Å². The Bertz CT molecular complexity index is 461. The molecule has 1 aliphatic rings. The van der Waals surface area contributed by atoms with E-state index < -0.39 is 23.7 Å². The van der Waals surface area contributed by atoms with Crippen molar-refractivity contribution in [1.82, 2.24) is 10.2 Å². The molecule has 2 nitrogen and oxygen atoms in total. The van der Waals surface area contributed by atoms with Gasteiger partial charge in [0.05, 0.1) is 5.92 Å². The summed E-state index contributed by atoms with van der Waals surface area (Å²) in [7, 11) is 0. The largest absolute Gasteiger partial charge is 0.394 e. The Hall–Kier alpha value is -1.21. The number of nitrogens with zero attached hydrogens (tertiary/aromatic N) is 1. The van der Waals surface area contributed by atoms with Crippen molar-refractivity contribution in [3.8, 4) is 0 Å². The van der Waals surface area contributed by atoms with E-state index in [1.807, 2.05) is 0 Å². The van der Waals surface area contributed by atoms with Crippen LogP contribution in [0.2, 0.25) is 0 Å². The Morgan fingerprint density at radius 2 is 1.95 bits per heavy atom. The van der Waals surface area contributed by atoms with Crippen LogP contribution < -0.4 is 5.32 Å². The average molecular weight is 294 g/mol. The molecule has 1 aliphatic heterocycles. The zero-order chi connectivity index (χ0) is 14.8. The molecule has 20 heavy (non-hydrogen) atoms. The predicted molar refractivity (Wildman–Crippen MR) is 64.0 cm³/mol. The highest BCUT2D eigenvalue weighted by Gasteiger charge is 2.40. The van der Waals surface area contributed by atoms with Gasteiger partial charge in [0.25, 0.3) is 0 Å². The summed E-state index contributed by atoms with van der Waals surface area (Å²) in [6.45, 7) is 0.792. The Balaban J connectivity index is 2.05. The Labute approximate surface area is 113 Å². The lowest BCUT2D eigenvalue weighted by molar-refractivity contribution is -0.176. The van der Waals surface area contributed by atoms with Crippen LogP contribution >= 0.6 is 0 Å². The fourth-order valence-electron chi connectivity index (χ4n) is 2.24. The molecule has 0 bridgehead atoms. The summed E-state index contributed by atoms with van der Waals surface area (Å²) in [6, 6.07) is 3.40. The molecule has 0 radical (unpaired) electrons. The summed E-state index contributed by atoms with van der Waals surface area (Å²) in [5.74, 6) is -3.39. The number of benzene rings is 1. The van der Waals surface area contributed by atoms with Gasteiger partial charge in [-0.1, -0.05) is 6.07 Å². The van der Waals surface area contributed by atoms with Crippen LogP contribution in [0.3, 0.4) is 0 Å². The number of rotatable bonds is 2. The van der Waals surface area contributed by atoms with E-state index >= 15 is 0 Å². The minimum absolute atomic E-state index is 0.113. The first-order valence-electron chi connectivity index (χ1n) is 6.30. The summed E-state index contributed by atoms with van der Waals surface area (Å²) in [4.78, 5) is 1.60. The number of alkyl halides is 3. The van der Waals surface area contributed by atoms with E-state index in [0.717, 1.165) is 12.1 Å². The van der Waals surface area contributed by atoms with E-state index in [2.05, 4.69) is 5.32 Å². The summed E-state index contributed by atoms with van der Waals surface area (Å²) in [6.07, 6.45) is -4.26. The molecule has 1 aromatic carbocycles. The lowest BCUT2D eigenvalue weighted by atomic mass is 10.1. The summed E-state index contributed by atoms with van der Waals surface area (Å²) >= 11 is 0. The van der Waals surface area contributed by atoms with Gasteiger partial charge in [-0.05, 0) is 17.7 Å². The molecule has 1 unspecified atom stereocenters. The van der Waals surface area contributed by atoms with Gasteiger partial charge in [-0.2, -0.15) is 13.2 Å². The van der Waals surface area contributed by atoms with Gasteiger partial charge in [-0.15, -0.1) is 0 Å². The smallest absolute Gasteiger partial charge is 0.315 e. The van der Waals surface area contributed by atoms with Gasteiger partial charge in [0.1, 0.15) is 0 Å². The summed E-state index contributed by atoms with van der Waals surface area (Å²) < 4.78 is 64.2. The van der Waals surface area contributed by atoms with Crippen LogP contribution in [0.5, 0.6) is 0 Å². The van der Waals surface area contributed by atoms with Gasteiger partial charge in [0.2, 0.25) is 0 Å². The Morgan fingerprint density at radius 3 is 2.60 bits per heavy atom. The number of hydrogen-bond donors (Lipinski definition) is 1. The van der Waals surface area contributed by atoms with Crippen molar-refractivity contribution < 1.29 is 22.0 Å². The minimum Gasteiger partial charge on any atom is -0.315 e. The van der Waals surface area contributed by atoms with E-state index in [1.165, 1.54) is 6.07 Å². The minimum atomic E-state index is -4.26. The maximum absolute atomic E-state index is 13.1. The van der Waals surface area contributed by atoms with Crippen molar-refractivity contribution in [1.29, 1.82) is 0 Å². The van der Waals surface area contributed by atoms with Gasteiger partial charge in [-0.25, -0.2) is 8.78 Å². The fraction of sp³-hybridized carbons (Fsp3) is 0.538. The van der Waals surface area contributed by atoms with E-state index in [9.17, 15) is 22.0 Å². The molecule has 7 heteroatoms. The topological polar surface area (TPSA) is 15.3 Å². The van der Waals surface area contributed by atoms with Crippen molar-refractivity contribution in [3.05, 3.63) is 35.4 Å². The van der Waals surface area contributed by atoms with Crippen LogP contribution in [0.15, 0.2) is 18.2 Å². The molecule has 1 aromatic rings. The lowest BCUT2D eigenvalue weighted by Gasteiger charge is -2.25. The van der Waals surface area contributed by atoms with Crippen LogP contribution in [0.1, 0.15) is 5.56 Å². The van der Waals surface area contributed by atoms with E-state index in [1.54, 1.807) is 4.90 Å². The van der Waals surface area contributed by atoms with Gasteiger partial charge < -0.3 is 5.32 Å². The van der Waals surface area contributed by atoms with Crippen molar-refractivity contribution in [2.75, 3.05) is 26.2 Å². The standard InChI is InChI=1S/C13H15F5N2/c14-11-2-1-9(5-12(11)15)7-20-4-3-19-6-10(8-20)13(16,17)18/h1-2,5,10,19H,3-4,6-8H2. The maximum Gasteiger partial charge on any atom is 0.394 e. The lowest BCUT2D eigenvalue weighted by Crippen LogP contribution is -2.37. The monoisotopic (exact) mass is 294 g/mol. The molecule has 0 saturated carbocycles. The summed E-state index contributed by atoms with van der Waals surface area (Å²) in [5, 5.41) is 2.74. The van der Waals surface area contributed by atoms with Crippen LogP contribution in [-0.2, 0) is 6.54 Å². The molecule has 0 aliphatic carbocycles. The van der Waals surface area contributed by atoms with Gasteiger partial charge in [-0.3, -0.25) is 4.90 Å². The Kier molecular flexibility index (Phi) is 4.59. The molecule has 2 rings (SSSR count). The molecule has 1 atom stereocenters. The third-order valence-corrected chi connectivity index (χ3v) is 3.33. The molecule has 0 aromatic heterocycles. The number of nitrogens with one attached hydrogen (secondary N) is 1. The van der Waals surface area contributed by atoms with Crippen molar-refractivity contribution >= 4 is 0 Å². The zero-order valence-corrected chi connectivity index (χ0v) is 10.7. The molecule has 1 saturated heterocycles. The van der Waals surface area contributed by atoms with E-state index in [0.29, 0.717) is 18.7 Å². The normalized spacial score (nSPS) is 21.8. The van der Waals surface area contributed by atoms with Crippen molar-refractivity contribution in [2.45, 2.75) is 12.7 Å². The highest BCUT2D eigenvalue weighted by molar-refractivity contribution is 5.17. The third-order valence-electron chi connectivity index (χ3n) is 3.33. The second-order valence-electron chi connectivity index (χ2n) is 4.93. The first-order chi connectivity index (χ1) is 9.36. The second-order valence-corrected chi connectivity index (χ2v) is 4.93. The molecule has 1 fully saturated rings. The quantitative estimate of drug-likeness (QED) is 0.843. The fourth-order valence-corrected chi connectivity index (χ4v) is 2.24. The Morgan fingerprint density at radius 1 is 1.20 bits per heavy atom. The molecule has 112 valence electrons. The van der Waals surface area contributed by atoms with Crippen molar-refractivity contribution in [3.63, 3.8) is 0 Å². The van der Waals surface area contributed by atoms with Crippen LogP contribution in [0, 0.1) is 17.6 Å². The average Bonchev–Trinajstić information content (AvgIpc) is 2.59. The molecular formula is C13H15F5N2. The molecule has 1 heterocycles. The predicted octanol–water partition coefficient (Wildman–Crippen LogP) is 2.55. The first-order valence-corrected chi connectivity index (χ1v) is 6.30. The maximum atomic E-state index is 13.1. The van der Waals surface area contributed by atoms with E-state index in [4.69, 9.17) is 0 Å². The molecule has 0 amide bonds. The van der Waals surface area contributed by atoms with Crippen LogP contribution in [-0.4, -0.2) is 37.3 Å². The van der Waals surface area contributed by atoms with Gasteiger partial charge in [0, 0.05) is 32.7 Å². The highest BCUT2D eigenvalue weighted by Crippen LogP contribution is 2.27. The van der Waals surface area contributed by atoms with Crippen molar-refractivity contribution in [2.24, 2.45) is 5.92 Å². The molecular weight excluding hydrogens is 279 g/mol. The molecule has 0 spiro atoms. The third kappa shape index (κ3) is 3.89. The SMILES string of the molecule is Fc1ccc(CN2CCNCC(C(F)(F)F)C2)cc1F. The van der Waals surface area contributed by atoms with Crippen LogP contribution in [0.25, 0.3) is 0 Å². The molecule has 1 N–H and O–H groups in total. The van der Waals surface area contributed by atoms with Gasteiger partial charge in [0.15, 0.2) is 11.6 Å². The van der Waals surface area contributed by atoms with Gasteiger partial charge >= 0.3 is 6.18 Å². The van der Waals surface area contributed by atoms with Crippen LogP contribution in [0.4, 0.5) is 22.0 Å². The number of halogens is 5. The zero-order valence-electron chi connectivity index (χ0n) is 10.7. The highest BCUT2D eigenvalue weighted by atomic mass is 19.4. The first kappa shape index (κ1) is 15.2. The second kappa shape index (κ2) is 6.05. The number of hydrogen-bond acceptors (Lipinski definition) is 2.